The number of rotatable bonds is 8. The van der Waals surface area contributed by atoms with E-state index < -0.39 is 0 Å². The van der Waals surface area contributed by atoms with E-state index >= 15 is 0 Å². The van der Waals surface area contributed by atoms with E-state index in [4.69, 9.17) is 4.52 Å². The molecule has 2 N–H and O–H groups in total. The number of aliphatic imine (C=N–C) groups is 1. The molecule has 0 spiro atoms. The molecular formula is C15H28N4O. The number of hydrogen-bond donors (Lipinski definition) is 2. The predicted octanol–water partition coefficient (Wildman–Crippen LogP) is 3.04. The normalized spacial score (nSPS) is 11.9. The van der Waals surface area contributed by atoms with Crippen molar-refractivity contribution >= 4 is 5.96 Å². The number of aromatic nitrogens is 1. The Morgan fingerprint density at radius 1 is 1.30 bits per heavy atom. The molecule has 0 aliphatic carbocycles. The van der Waals surface area contributed by atoms with Gasteiger partial charge in [0.05, 0.1) is 12.2 Å². The zero-order valence-corrected chi connectivity index (χ0v) is 13.2. The van der Waals surface area contributed by atoms with Crippen LogP contribution in [-0.2, 0) is 6.54 Å². The van der Waals surface area contributed by atoms with Gasteiger partial charge < -0.3 is 15.2 Å². The van der Waals surface area contributed by atoms with Crippen molar-refractivity contribution in [1.82, 2.24) is 15.8 Å². The van der Waals surface area contributed by atoms with Crippen LogP contribution in [0.2, 0.25) is 0 Å². The van der Waals surface area contributed by atoms with Crippen molar-refractivity contribution in [2.24, 2.45) is 4.99 Å². The van der Waals surface area contributed by atoms with Gasteiger partial charge in [-0.25, -0.2) is 0 Å². The molecule has 1 rings (SSSR count). The second kappa shape index (κ2) is 9.39. The molecule has 0 aliphatic heterocycles. The Morgan fingerprint density at radius 3 is 2.65 bits per heavy atom. The van der Waals surface area contributed by atoms with Crippen LogP contribution in [0.3, 0.4) is 0 Å². The monoisotopic (exact) mass is 280 g/mol. The third-order valence-electron chi connectivity index (χ3n) is 3.46. The Labute approximate surface area is 122 Å². The molecule has 1 aromatic rings. The van der Waals surface area contributed by atoms with Gasteiger partial charge in [0.1, 0.15) is 0 Å². The van der Waals surface area contributed by atoms with Crippen LogP contribution in [0.25, 0.3) is 0 Å². The fourth-order valence-electron chi connectivity index (χ4n) is 2.09. The maximum atomic E-state index is 5.37. The Bertz CT molecular complexity index is 396. The van der Waals surface area contributed by atoms with Crippen LogP contribution in [0.1, 0.15) is 63.8 Å². The molecule has 114 valence electrons. The average molecular weight is 280 g/mol. The highest BCUT2D eigenvalue weighted by atomic mass is 16.5. The summed E-state index contributed by atoms with van der Waals surface area (Å²) in [4.78, 5) is 4.18. The molecule has 0 unspecified atom stereocenters. The summed E-state index contributed by atoms with van der Waals surface area (Å²) in [6.07, 6.45) is 4.50. The lowest BCUT2D eigenvalue weighted by Gasteiger charge is -2.09. The van der Waals surface area contributed by atoms with Crippen LogP contribution in [0.4, 0.5) is 0 Å². The van der Waals surface area contributed by atoms with Gasteiger partial charge in [-0.05, 0) is 19.3 Å². The van der Waals surface area contributed by atoms with Crippen molar-refractivity contribution in [3.05, 3.63) is 17.5 Å². The van der Waals surface area contributed by atoms with Gasteiger partial charge in [-0.1, -0.05) is 32.3 Å². The molecule has 0 aromatic carbocycles. The minimum Gasteiger partial charge on any atom is -0.359 e. The summed E-state index contributed by atoms with van der Waals surface area (Å²) in [5, 5.41) is 10.7. The molecule has 0 saturated carbocycles. The smallest absolute Gasteiger partial charge is 0.191 e. The van der Waals surface area contributed by atoms with Crippen molar-refractivity contribution in [1.29, 1.82) is 0 Å². The molecule has 0 amide bonds. The van der Waals surface area contributed by atoms with Gasteiger partial charge in [0.25, 0.3) is 0 Å². The van der Waals surface area contributed by atoms with Gasteiger partial charge >= 0.3 is 0 Å². The molecule has 5 heteroatoms. The van der Waals surface area contributed by atoms with E-state index in [-0.39, 0.29) is 0 Å². The highest BCUT2D eigenvalue weighted by Gasteiger charge is 2.12. The quantitative estimate of drug-likeness (QED) is 0.436. The standard InChI is InChI=1S/C15H28N4O/c1-5-8-9-17-15(16-4)18-11-13-10-14(19-20-13)12(6-2)7-3/h10,12H,5-9,11H2,1-4H3,(H2,16,17,18). The van der Waals surface area contributed by atoms with Crippen LogP contribution in [-0.4, -0.2) is 24.7 Å². The van der Waals surface area contributed by atoms with Crippen LogP contribution < -0.4 is 10.6 Å². The predicted molar refractivity (Wildman–Crippen MR) is 82.9 cm³/mol. The molecule has 1 heterocycles. The number of nitrogens with zero attached hydrogens (tertiary/aromatic N) is 2. The lowest BCUT2D eigenvalue weighted by atomic mass is 9.99. The Morgan fingerprint density at radius 2 is 2.05 bits per heavy atom. The summed E-state index contributed by atoms with van der Waals surface area (Å²) in [5.41, 5.74) is 1.06. The molecule has 20 heavy (non-hydrogen) atoms. The summed E-state index contributed by atoms with van der Waals surface area (Å²) in [5.74, 6) is 2.15. The van der Waals surface area contributed by atoms with Crippen LogP contribution in [0.5, 0.6) is 0 Å². The van der Waals surface area contributed by atoms with Crippen LogP contribution in [0, 0.1) is 0 Å². The lowest BCUT2D eigenvalue weighted by Crippen LogP contribution is -2.37. The van der Waals surface area contributed by atoms with E-state index in [9.17, 15) is 0 Å². The molecule has 0 aliphatic rings. The van der Waals surface area contributed by atoms with Crippen molar-refractivity contribution in [2.45, 2.75) is 58.9 Å². The van der Waals surface area contributed by atoms with Gasteiger partial charge in [-0.15, -0.1) is 0 Å². The largest absolute Gasteiger partial charge is 0.359 e. The average Bonchev–Trinajstić information content (AvgIpc) is 2.93. The first-order valence-corrected chi connectivity index (χ1v) is 7.65. The summed E-state index contributed by atoms with van der Waals surface area (Å²) >= 11 is 0. The maximum absolute atomic E-state index is 5.37. The van der Waals surface area contributed by atoms with E-state index in [0.717, 1.165) is 43.2 Å². The van der Waals surface area contributed by atoms with Gasteiger partial charge in [0.15, 0.2) is 11.7 Å². The molecule has 0 bridgehead atoms. The number of guanidine groups is 1. The van der Waals surface area contributed by atoms with E-state index in [0.29, 0.717) is 12.5 Å². The van der Waals surface area contributed by atoms with Gasteiger partial charge in [0, 0.05) is 25.6 Å². The molecule has 0 atom stereocenters. The molecular weight excluding hydrogens is 252 g/mol. The Hall–Kier alpha value is -1.52. The summed E-state index contributed by atoms with van der Waals surface area (Å²) in [6, 6.07) is 2.05. The van der Waals surface area contributed by atoms with Gasteiger partial charge in [-0.2, -0.15) is 0 Å². The number of hydrogen-bond acceptors (Lipinski definition) is 3. The third-order valence-corrected chi connectivity index (χ3v) is 3.46. The van der Waals surface area contributed by atoms with Crippen LogP contribution >= 0.6 is 0 Å². The summed E-state index contributed by atoms with van der Waals surface area (Å²) in [7, 11) is 1.78. The van der Waals surface area contributed by atoms with E-state index in [1.54, 1.807) is 7.05 Å². The molecule has 5 nitrogen and oxygen atoms in total. The van der Waals surface area contributed by atoms with Crippen molar-refractivity contribution in [3.63, 3.8) is 0 Å². The second-order valence-corrected chi connectivity index (χ2v) is 4.94. The molecule has 0 radical (unpaired) electrons. The lowest BCUT2D eigenvalue weighted by molar-refractivity contribution is 0.368. The summed E-state index contributed by atoms with van der Waals surface area (Å²) in [6.45, 7) is 8.08. The number of nitrogens with one attached hydrogen (secondary N) is 2. The van der Waals surface area contributed by atoms with Gasteiger partial charge in [0.2, 0.25) is 0 Å². The molecule has 0 fully saturated rings. The Kier molecular flexibility index (Phi) is 7.77. The van der Waals surface area contributed by atoms with Crippen molar-refractivity contribution < 1.29 is 4.52 Å². The SMILES string of the molecule is CCCCNC(=NC)NCc1cc(C(CC)CC)no1. The van der Waals surface area contributed by atoms with Crippen molar-refractivity contribution in [2.75, 3.05) is 13.6 Å². The van der Waals surface area contributed by atoms with E-state index in [1.807, 2.05) is 6.07 Å². The summed E-state index contributed by atoms with van der Waals surface area (Å²) < 4.78 is 5.37. The van der Waals surface area contributed by atoms with E-state index in [2.05, 4.69) is 41.6 Å². The second-order valence-electron chi connectivity index (χ2n) is 4.94. The van der Waals surface area contributed by atoms with Crippen LogP contribution in [0.15, 0.2) is 15.6 Å². The zero-order chi connectivity index (χ0) is 14.8. The molecule has 1 aromatic heterocycles. The minimum absolute atomic E-state index is 0.495. The third kappa shape index (κ3) is 5.23. The first kappa shape index (κ1) is 16.5. The van der Waals surface area contributed by atoms with E-state index in [1.165, 1.54) is 6.42 Å². The first-order chi connectivity index (χ1) is 9.74. The maximum Gasteiger partial charge on any atom is 0.191 e. The van der Waals surface area contributed by atoms with Crippen molar-refractivity contribution in [3.8, 4) is 0 Å². The highest BCUT2D eigenvalue weighted by Crippen LogP contribution is 2.22. The molecule has 0 saturated heterocycles. The number of unbranched alkanes of at least 4 members (excludes halogenated alkanes) is 1. The topological polar surface area (TPSA) is 62.5 Å². The fourth-order valence-corrected chi connectivity index (χ4v) is 2.09. The zero-order valence-electron chi connectivity index (χ0n) is 13.2. The Balaban J connectivity index is 2.44. The fraction of sp³-hybridized carbons (Fsp3) is 0.733. The first-order valence-electron chi connectivity index (χ1n) is 7.65. The van der Waals surface area contributed by atoms with Gasteiger partial charge in [-0.3, -0.25) is 4.99 Å². The minimum atomic E-state index is 0.495. The highest BCUT2D eigenvalue weighted by molar-refractivity contribution is 5.79.